The summed E-state index contributed by atoms with van der Waals surface area (Å²) in [6.45, 7) is 3.99. The van der Waals surface area contributed by atoms with Crippen LogP contribution in [0.25, 0.3) is 11.4 Å². The molecule has 1 amide bonds. The van der Waals surface area contributed by atoms with Gasteiger partial charge in [0.15, 0.2) is 11.0 Å². The maximum atomic E-state index is 12.6. The Bertz CT molecular complexity index is 1200. The van der Waals surface area contributed by atoms with Crippen LogP contribution < -0.4 is 10.1 Å². The van der Waals surface area contributed by atoms with E-state index in [4.69, 9.17) is 9.15 Å². The van der Waals surface area contributed by atoms with Gasteiger partial charge in [-0.2, -0.15) is 0 Å². The molecule has 2 aromatic heterocycles. The molecule has 0 aliphatic heterocycles. The van der Waals surface area contributed by atoms with Crippen molar-refractivity contribution in [2.75, 3.05) is 18.2 Å². The van der Waals surface area contributed by atoms with Crippen molar-refractivity contribution in [2.24, 2.45) is 0 Å². The number of benzene rings is 2. The second-order valence-corrected chi connectivity index (χ2v) is 8.13. The van der Waals surface area contributed by atoms with Gasteiger partial charge < -0.3 is 14.5 Å². The number of aromatic nitrogens is 3. The van der Waals surface area contributed by atoms with E-state index in [0.717, 1.165) is 16.9 Å². The van der Waals surface area contributed by atoms with Crippen LogP contribution >= 0.6 is 11.8 Å². The van der Waals surface area contributed by atoms with E-state index in [-0.39, 0.29) is 17.7 Å². The number of rotatable bonds is 8. The summed E-state index contributed by atoms with van der Waals surface area (Å²) in [6, 6.07) is 19.3. The molecule has 7 nitrogen and oxygen atoms in total. The Morgan fingerprint density at radius 2 is 1.88 bits per heavy atom. The van der Waals surface area contributed by atoms with Crippen LogP contribution in [0.15, 0.2) is 76.5 Å². The average Bonchev–Trinajstić information content (AvgIpc) is 3.43. The molecule has 0 unspecified atom stereocenters. The number of amides is 1. The minimum Gasteiger partial charge on any atom is -0.495 e. The molecule has 4 aromatic rings. The summed E-state index contributed by atoms with van der Waals surface area (Å²) in [6.07, 6.45) is 1.64. The minimum atomic E-state index is -0.151. The predicted molar refractivity (Wildman–Crippen MR) is 125 cm³/mol. The molecule has 2 aromatic carbocycles. The quantitative estimate of drug-likeness (QED) is 0.373. The van der Waals surface area contributed by atoms with Crippen LogP contribution in [0.4, 0.5) is 5.69 Å². The van der Waals surface area contributed by atoms with Crippen molar-refractivity contribution >= 4 is 23.4 Å². The number of nitrogens with one attached hydrogen (secondary N) is 1. The molecule has 2 heterocycles. The molecule has 164 valence electrons. The van der Waals surface area contributed by atoms with Crippen molar-refractivity contribution in [3.8, 4) is 17.1 Å². The first kappa shape index (κ1) is 21.7. The lowest BCUT2D eigenvalue weighted by molar-refractivity contribution is -0.113. The molecule has 0 aliphatic rings. The van der Waals surface area contributed by atoms with E-state index in [9.17, 15) is 4.79 Å². The van der Waals surface area contributed by atoms with E-state index in [2.05, 4.69) is 34.6 Å². The fourth-order valence-corrected chi connectivity index (χ4v) is 4.28. The number of thioether (sulfide) groups is 1. The number of hydrogen-bond donors (Lipinski definition) is 1. The number of carbonyl (C=O) groups excluding carboxylic acids is 1. The Kier molecular flexibility index (Phi) is 6.61. The van der Waals surface area contributed by atoms with Crippen molar-refractivity contribution in [1.82, 2.24) is 14.8 Å². The standard InChI is InChI=1S/C24H24N4O3S/c1-16(18-9-5-4-6-10-18)28-23(19-13-14-31-17(19)2)26-27-24(28)32-15-22(29)25-20-11-7-8-12-21(20)30-3/h4-14,16H,15H2,1-3H3,(H,25,29)/t16-/m0/s1. The molecule has 0 radical (unpaired) electrons. The summed E-state index contributed by atoms with van der Waals surface area (Å²) in [4.78, 5) is 12.6. The molecule has 8 heteroatoms. The largest absolute Gasteiger partial charge is 0.495 e. The Morgan fingerprint density at radius 1 is 1.12 bits per heavy atom. The second kappa shape index (κ2) is 9.74. The average molecular weight is 449 g/mol. The Balaban J connectivity index is 1.59. The topological polar surface area (TPSA) is 82.2 Å². The first-order valence-corrected chi connectivity index (χ1v) is 11.2. The van der Waals surface area contributed by atoms with Gasteiger partial charge in [0, 0.05) is 0 Å². The molecule has 32 heavy (non-hydrogen) atoms. The summed E-state index contributed by atoms with van der Waals surface area (Å²) in [7, 11) is 1.58. The number of nitrogens with zero attached hydrogens (tertiary/aromatic N) is 3. The molecular formula is C24H24N4O3S. The Labute approximate surface area is 190 Å². The number of aryl methyl sites for hydroxylation is 1. The van der Waals surface area contributed by atoms with Gasteiger partial charge in [0.2, 0.25) is 5.91 Å². The molecule has 1 N–H and O–H groups in total. The molecule has 4 rings (SSSR count). The van der Waals surface area contributed by atoms with E-state index in [1.54, 1.807) is 25.5 Å². The molecule has 1 atom stereocenters. The monoisotopic (exact) mass is 448 g/mol. The van der Waals surface area contributed by atoms with Crippen LogP contribution in [0.5, 0.6) is 5.75 Å². The van der Waals surface area contributed by atoms with Gasteiger partial charge in [0.25, 0.3) is 0 Å². The molecule has 0 aliphatic carbocycles. The van der Waals surface area contributed by atoms with Gasteiger partial charge in [-0.25, -0.2) is 0 Å². The smallest absolute Gasteiger partial charge is 0.234 e. The third-order valence-corrected chi connectivity index (χ3v) is 6.09. The van der Waals surface area contributed by atoms with E-state index in [0.29, 0.717) is 22.4 Å². The van der Waals surface area contributed by atoms with Crippen LogP contribution in [0.2, 0.25) is 0 Å². The van der Waals surface area contributed by atoms with Gasteiger partial charge in [-0.1, -0.05) is 54.2 Å². The molecule has 0 saturated carbocycles. The summed E-state index contributed by atoms with van der Waals surface area (Å²) in [5.74, 6) is 2.12. The highest BCUT2D eigenvalue weighted by atomic mass is 32.2. The number of para-hydroxylation sites is 2. The number of methoxy groups -OCH3 is 1. The number of hydrogen-bond acceptors (Lipinski definition) is 6. The van der Waals surface area contributed by atoms with Crippen molar-refractivity contribution in [2.45, 2.75) is 25.0 Å². The minimum absolute atomic E-state index is 0.0321. The predicted octanol–water partition coefficient (Wildman–Crippen LogP) is 5.20. The van der Waals surface area contributed by atoms with Gasteiger partial charge in [-0.05, 0) is 37.6 Å². The maximum absolute atomic E-state index is 12.6. The van der Waals surface area contributed by atoms with Crippen molar-refractivity contribution in [3.63, 3.8) is 0 Å². The van der Waals surface area contributed by atoms with Crippen molar-refractivity contribution < 1.29 is 13.9 Å². The van der Waals surface area contributed by atoms with E-state index in [1.165, 1.54) is 11.8 Å². The maximum Gasteiger partial charge on any atom is 0.234 e. The lowest BCUT2D eigenvalue weighted by Gasteiger charge is -2.18. The van der Waals surface area contributed by atoms with E-state index >= 15 is 0 Å². The number of anilines is 1. The van der Waals surface area contributed by atoms with Crippen LogP contribution in [-0.4, -0.2) is 33.5 Å². The van der Waals surface area contributed by atoms with Gasteiger partial charge in [-0.3, -0.25) is 9.36 Å². The van der Waals surface area contributed by atoms with Gasteiger partial charge in [-0.15, -0.1) is 10.2 Å². The normalized spacial score (nSPS) is 11.8. The van der Waals surface area contributed by atoms with Crippen LogP contribution in [-0.2, 0) is 4.79 Å². The SMILES string of the molecule is COc1ccccc1NC(=O)CSc1nnc(-c2ccoc2C)n1[C@@H](C)c1ccccc1. The fourth-order valence-electron chi connectivity index (χ4n) is 3.47. The molecule has 0 saturated heterocycles. The highest BCUT2D eigenvalue weighted by Crippen LogP contribution is 2.33. The summed E-state index contributed by atoms with van der Waals surface area (Å²) in [5, 5.41) is 12.4. The van der Waals surface area contributed by atoms with Gasteiger partial charge in [0.05, 0.1) is 36.4 Å². The first-order valence-electron chi connectivity index (χ1n) is 10.2. The number of ether oxygens (including phenoxy) is 1. The van der Waals surface area contributed by atoms with Crippen LogP contribution in [0.1, 0.15) is 24.3 Å². The van der Waals surface area contributed by atoms with Crippen LogP contribution in [0.3, 0.4) is 0 Å². The number of carbonyl (C=O) groups is 1. The van der Waals surface area contributed by atoms with Crippen molar-refractivity contribution in [1.29, 1.82) is 0 Å². The van der Waals surface area contributed by atoms with Crippen molar-refractivity contribution in [3.05, 3.63) is 78.3 Å². The van der Waals surface area contributed by atoms with Crippen LogP contribution in [0, 0.1) is 6.92 Å². The highest BCUT2D eigenvalue weighted by Gasteiger charge is 2.23. The van der Waals surface area contributed by atoms with Gasteiger partial charge in [0.1, 0.15) is 11.5 Å². The fraction of sp³-hybridized carbons (Fsp3) is 0.208. The lowest BCUT2D eigenvalue weighted by atomic mass is 10.1. The number of furan rings is 1. The van der Waals surface area contributed by atoms with E-state index < -0.39 is 0 Å². The second-order valence-electron chi connectivity index (χ2n) is 7.19. The molecular weight excluding hydrogens is 424 g/mol. The molecule has 0 spiro atoms. The summed E-state index contributed by atoms with van der Waals surface area (Å²) >= 11 is 1.34. The Hall–Kier alpha value is -3.52. The third kappa shape index (κ3) is 4.55. The first-order chi connectivity index (χ1) is 15.6. The zero-order valence-electron chi connectivity index (χ0n) is 18.1. The molecule has 0 fully saturated rings. The zero-order chi connectivity index (χ0) is 22.5. The van der Waals surface area contributed by atoms with Gasteiger partial charge >= 0.3 is 0 Å². The highest BCUT2D eigenvalue weighted by molar-refractivity contribution is 7.99. The third-order valence-electron chi connectivity index (χ3n) is 5.15. The summed E-state index contributed by atoms with van der Waals surface area (Å²) in [5.41, 5.74) is 2.63. The molecule has 0 bridgehead atoms. The lowest BCUT2D eigenvalue weighted by Crippen LogP contribution is -2.16. The zero-order valence-corrected chi connectivity index (χ0v) is 18.9. The summed E-state index contributed by atoms with van der Waals surface area (Å²) < 4.78 is 12.8. The van der Waals surface area contributed by atoms with E-state index in [1.807, 2.05) is 47.9 Å². The Morgan fingerprint density at radius 3 is 2.59 bits per heavy atom.